The largest absolute Gasteiger partial charge is 0.380 e. The molecular formula is C14H20N2O3S. The van der Waals surface area contributed by atoms with Crippen molar-refractivity contribution in [2.24, 2.45) is 0 Å². The first kappa shape index (κ1) is 13.7. The third-order valence-electron chi connectivity index (χ3n) is 3.85. The Bertz CT molecular complexity index is 568. The van der Waals surface area contributed by atoms with Crippen LogP contribution in [0.3, 0.4) is 0 Å². The smallest absolute Gasteiger partial charge is 0.152 e. The third-order valence-corrected chi connectivity index (χ3v) is 5.62. The standard InChI is InChI=1S/C14H20N2O3S/c17-20(18)10-5-12(11-20)15-13-3-1-2-4-14(13)16-6-8-19-9-7-16/h1-4,12,15H,5-11H2. The summed E-state index contributed by atoms with van der Waals surface area (Å²) in [4.78, 5) is 2.29. The van der Waals surface area contributed by atoms with Gasteiger partial charge >= 0.3 is 0 Å². The van der Waals surface area contributed by atoms with E-state index in [9.17, 15) is 8.42 Å². The number of morpholine rings is 1. The Balaban J connectivity index is 1.76. The van der Waals surface area contributed by atoms with Crippen LogP contribution in [0.1, 0.15) is 6.42 Å². The van der Waals surface area contributed by atoms with Crippen LogP contribution in [-0.4, -0.2) is 52.3 Å². The van der Waals surface area contributed by atoms with Crippen LogP contribution in [0.15, 0.2) is 24.3 Å². The second-order valence-electron chi connectivity index (χ2n) is 5.36. The zero-order valence-corrected chi connectivity index (χ0v) is 12.2. The number of para-hydroxylation sites is 2. The zero-order chi connectivity index (χ0) is 14.0. The van der Waals surface area contributed by atoms with Crippen molar-refractivity contribution in [1.82, 2.24) is 0 Å². The van der Waals surface area contributed by atoms with Crippen LogP contribution in [0.4, 0.5) is 11.4 Å². The Hall–Kier alpha value is -1.27. The van der Waals surface area contributed by atoms with Gasteiger partial charge in [-0.05, 0) is 18.6 Å². The molecule has 1 atom stereocenters. The molecule has 0 radical (unpaired) electrons. The van der Waals surface area contributed by atoms with Gasteiger partial charge in [0.05, 0.1) is 36.1 Å². The maximum Gasteiger partial charge on any atom is 0.152 e. The summed E-state index contributed by atoms with van der Waals surface area (Å²) in [5.74, 6) is 0.537. The number of benzene rings is 1. The number of rotatable bonds is 3. The summed E-state index contributed by atoms with van der Waals surface area (Å²) in [5.41, 5.74) is 2.16. The van der Waals surface area contributed by atoms with E-state index >= 15 is 0 Å². The Morgan fingerprint density at radius 2 is 1.95 bits per heavy atom. The lowest BCUT2D eigenvalue weighted by atomic mass is 10.2. The number of sulfone groups is 1. The Labute approximate surface area is 119 Å². The second kappa shape index (κ2) is 5.61. The highest BCUT2D eigenvalue weighted by Gasteiger charge is 2.28. The predicted molar refractivity (Wildman–Crippen MR) is 80.2 cm³/mol. The van der Waals surface area contributed by atoms with Gasteiger partial charge in [-0.25, -0.2) is 8.42 Å². The van der Waals surface area contributed by atoms with E-state index in [1.54, 1.807) is 0 Å². The molecule has 5 nitrogen and oxygen atoms in total. The summed E-state index contributed by atoms with van der Waals surface area (Å²) in [6.07, 6.45) is 0.694. The molecule has 2 heterocycles. The van der Waals surface area contributed by atoms with E-state index < -0.39 is 9.84 Å². The van der Waals surface area contributed by atoms with Crippen LogP contribution in [0, 0.1) is 0 Å². The minimum Gasteiger partial charge on any atom is -0.380 e. The number of ether oxygens (including phenoxy) is 1. The number of hydrogen-bond donors (Lipinski definition) is 1. The normalized spacial score (nSPS) is 25.6. The zero-order valence-electron chi connectivity index (χ0n) is 11.4. The molecule has 2 saturated heterocycles. The maximum absolute atomic E-state index is 11.6. The maximum atomic E-state index is 11.6. The highest BCUT2D eigenvalue weighted by Crippen LogP contribution is 2.28. The van der Waals surface area contributed by atoms with Gasteiger partial charge in [-0.1, -0.05) is 12.1 Å². The fourth-order valence-electron chi connectivity index (χ4n) is 2.80. The highest BCUT2D eigenvalue weighted by atomic mass is 32.2. The van der Waals surface area contributed by atoms with Crippen molar-refractivity contribution in [2.45, 2.75) is 12.5 Å². The summed E-state index contributed by atoms with van der Waals surface area (Å²) in [7, 11) is -2.85. The van der Waals surface area contributed by atoms with Crippen molar-refractivity contribution in [3.8, 4) is 0 Å². The van der Waals surface area contributed by atoms with Gasteiger partial charge in [-0.2, -0.15) is 0 Å². The van der Waals surface area contributed by atoms with Gasteiger partial charge in [-0.15, -0.1) is 0 Å². The molecule has 0 aliphatic carbocycles. The molecule has 1 unspecified atom stereocenters. The number of nitrogens with zero attached hydrogens (tertiary/aromatic N) is 1. The average Bonchev–Trinajstić information content (AvgIpc) is 2.79. The summed E-state index contributed by atoms with van der Waals surface area (Å²) in [6, 6.07) is 8.13. The highest BCUT2D eigenvalue weighted by molar-refractivity contribution is 7.91. The minimum absolute atomic E-state index is 0.0298. The summed E-state index contributed by atoms with van der Waals surface area (Å²) in [5, 5.41) is 3.40. The molecule has 0 aromatic heterocycles. The van der Waals surface area contributed by atoms with E-state index in [1.807, 2.05) is 18.2 Å². The van der Waals surface area contributed by atoms with Gasteiger partial charge in [-0.3, -0.25) is 0 Å². The fraction of sp³-hybridized carbons (Fsp3) is 0.571. The van der Waals surface area contributed by atoms with Gasteiger partial charge in [0.2, 0.25) is 0 Å². The van der Waals surface area contributed by atoms with Gasteiger partial charge in [0.25, 0.3) is 0 Å². The van der Waals surface area contributed by atoms with E-state index in [-0.39, 0.29) is 11.8 Å². The second-order valence-corrected chi connectivity index (χ2v) is 7.59. The molecule has 20 heavy (non-hydrogen) atoms. The molecule has 0 spiro atoms. The first-order chi connectivity index (χ1) is 9.64. The van der Waals surface area contributed by atoms with Crippen molar-refractivity contribution in [1.29, 1.82) is 0 Å². The van der Waals surface area contributed by atoms with Crippen LogP contribution in [0.2, 0.25) is 0 Å². The summed E-state index contributed by atoms with van der Waals surface area (Å²) >= 11 is 0. The quantitative estimate of drug-likeness (QED) is 0.906. The lowest BCUT2D eigenvalue weighted by Gasteiger charge is -2.31. The molecule has 1 aromatic carbocycles. The van der Waals surface area contributed by atoms with Crippen molar-refractivity contribution in [2.75, 3.05) is 48.0 Å². The molecule has 2 fully saturated rings. The van der Waals surface area contributed by atoms with Crippen molar-refractivity contribution in [3.63, 3.8) is 0 Å². The van der Waals surface area contributed by atoms with Crippen molar-refractivity contribution in [3.05, 3.63) is 24.3 Å². The summed E-state index contributed by atoms with van der Waals surface area (Å²) in [6.45, 7) is 3.24. The number of nitrogens with one attached hydrogen (secondary N) is 1. The lowest BCUT2D eigenvalue weighted by molar-refractivity contribution is 0.123. The van der Waals surface area contributed by atoms with Gasteiger partial charge < -0.3 is 15.0 Å². The molecule has 0 bridgehead atoms. The van der Waals surface area contributed by atoms with Gasteiger partial charge in [0, 0.05) is 19.1 Å². The SMILES string of the molecule is O=S1(=O)CCC(Nc2ccccc2N2CCOCC2)C1. The molecule has 0 amide bonds. The molecule has 6 heteroatoms. The lowest BCUT2D eigenvalue weighted by Crippen LogP contribution is -2.37. The average molecular weight is 296 g/mol. The van der Waals surface area contributed by atoms with Crippen LogP contribution < -0.4 is 10.2 Å². The van der Waals surface area contributed by atoms with E-state index in [0.717, 1.165) is 37.7 Å². The topological polar surface area (TPSA) is 58.6 Å². The van der Waals surface area contributed by atoms with E-state index in [0.29, 0.717) is 12.2 Å². The van der Waals surface area contributed by atoms with Crippen molar-refractivity contribution >= 4 is 21.2 Å². The first-order valence-electron chi connectivity index (χ1n) is 7.03. The Morgan fingerprint density at radius 3 is 2.65 bits per heavy atom. The van der Waals surface area contributed by atoms with E-state index in [4.69, 9.17) is 4.74 Å². The van der Waals surface area contributed by atoms with E-state index in [1.165, 1.54) is 0 Å². The molecule has 110 valence electrons. The molecule has 1 aromatic rings. The van der Waals surface area contributed by atoms with Crippen LogP contribution in [0.5, 0.6) is 0 Å². The summed E-state index contributed by atoms with van der Waals surface area (Å²) < 4.78 is 28.5. The Morgan fingerprint density at radius 1 is 1.20 bits per heavy atom. The van der Waals surface area contributed by atoms with Crippen LogP contribution in [-0.2, 0) is 14.6 Å². The monoisotopic (exact) mass is 296 g/mol. The van der Waals surface area contributed by atoms with Crippen LogP contribution in [0.25, 0.3) is 0 Å². The molecule has 1 N–H and O–H groups in total. The van der Waals surface area contributed by atoms with Gasteiger partial charge in [0.15, 0.2) is 9.84 Å². The molecule has 2 aliphatic rings. The number of anilines is 2. The molecule has 0 saturated carbocycles. The van der Waals surface area contributed by atoms with Gasteiger partial charge in [0.1, 0.15) is 0 Å². The van der Waals surface area contributed by atoms with Crippen LogP contribution >= 0.6 is 0 Å². The molecule has 3 rings (SSSR count). The fourth-order valence-corrected chi connectivity index (χ4v) is 4.48. The van der Waals surface area contributed by atoms with Crippen molar-refractivity contribution < 1.29 is 13.2 Å². The van der Waals surface area contributed by atoms with E-state index in [2.05, 4.69) is 16.3 Å². The molecule has 2 aliphatic heterocycles. The minimum atomic E-state index is -2.85. The Kier molecular flexibility index (Phi) is 3.85. The first-order valence-corrected chi connectivity index (χ1v) is 8.85. The third kappa shape index (κ3) is 3.07. The molecular weight excluding hydrogens is 276 g/mol. The predicted octanol–water partition coefficient (Wildman–Crippen LogP) is 1.12. The number of hydrogen-bond acceptors (Lipinski definition) is 5.